The number of carbonyl (C=O) groups excluding carboxylic acids is 1. The van der Waals surface area contributed by atoms with Crippen LogP contribution in [-0.2, 0) is 26.0 Å². The molecule has 2 aromatic carbocycles. The van der Waals surface area contributed by atoms with Crippen LogP contribution >= 0.6 is 0 Å². The predicted octanol–water partition coefficient (Wildman–Crippen LogP) is 3.43. The van der Waals surface area contributed by atoms with Crippen molar-refractivity contribution < 1.29 is 17.9 Å². The zero-order valence-corrected chi connectivity index (χ0v) is 19.9. The van der Waals surface area contributed by atoms with Crippen molar-refractivity contribution in [2.45, 2.75) is 64.5 Å². The molecule has 0 bridgehead atoms. The van der Waals surface area contributed by atoms with Crippen LogP contribution in [0.3, 0.4) is 0 Å². The van der Waals surface area contributed by atoms with Crippen LogP contribution < -0.4 is 10.0 Å². The highest BCUT2D eigenvalue weighted by Gasteiger charge is 2.28. The molecule has 0 aliphatic carbocycles. The smallest absolute Gasteiger partial charge is 0.241 e. The van der Waals surface area contributed by atoms with E-state index in [1.54, 1.807) is 13.8 Å². The second-order valence-electron chi connectivity index (χ2n) is 8.16. The number of hydrogen-bond acceptors (Lipinski definition) is 4. The van der Waals surface area contributed by atoms with E-state index in [9.17, 15) is 13.2 Å². The molecule has 170 valence electrons. The maximum absolute atomic E-state index is 13.2. The van der Waals surface area contributed by atoms with E-state index in [0.29, 0.717) is 30.7 Å². The molecule has 0 unspecified atom stereocenters. The van der Waals surface area contributed by atoms with Crippen LogP contribution in [0.2, 0.25) is 0 Å². The number of amides is 1. The maximum atomic E-state index is 13.2. The summed E-state index contributed by atoms with van der Waals surface area (Å²) < 4.78 is 34.6. The molecule has 31 heavy (non-hydrogen) atoms. The van der Waals surface area contributed by atoms with Gasteiger partial charge in [-0.15, -0.1) is 0 Å². The van der Waals surface area contributed by atoms with Gasteiger partial charge in [0.05, 0.1) is 11.0 Å². The molecule has 1 atom stereocenters. The fourth-order valence-electron chi connectivity index (χ4n) is 3.60. The summed E-state index contributed by atoms with van der Waals surface area (Å²) >= 11 is 0. The summed E-state index contributed by atoms with van der Waals surface area (Å²) in [7, 11) is -3.88. The van der Waals surface area contributed by atoms with Gasteiger partial charge in [-0.2, -0.15) is 4.72 Å². The molecule has 0 heterocycles. The lowest BCUT2D eigenvalue weighted by Gasteiger charge is -2.21. The molecule has 0 spiro atoms. The number of ether oxygens (including phenoxy) is 1. The number of carbonyl (C=O) groups is 1. The molecule has 0 aliphatic rings. The zero-order chi connectivity index (χ0) is 23.0. The topological polar surface area (TPSA) is 84.5 Å². The molecule has 2 rings (SSSR count). The van der Waals surface area contributed by atoms with Crippen molar-refractivity contribution >= 4 is 15.9 Å². The van der Waals surface area contributed by atoms with E-state index in [0.717, 1.165) is 11.1 Å². The Bertz CT molecular complexity index is 949. The molecule has 2 N–H and O–H groups in total. The fraction of sp³-hybridized carbons (Fsp3) is 0.458. The van der Waals surface area contributed by atoms with Crippen molar-refractivity contribution in [3.63, 3.8) is 0 Å². The van der Waals surface area contributed by atoms with Crippen LogP contribution in [-0.4, -0.2) is 39.6 Å². The number of nitrogens with one attached hydrogen (secondary N) is 2. The van der Waals surface area contributed by atoms with E-state index in [1.165, 1.54) is 0 Å². The summed E-state index contributed by atoms with van der Waals surface area (Å²) in [4.78, 5) is 13.1. The second-order valence-corrected chi connectivity index (χ2v) is 9.81. The SMILES string of the molecule is Cc1cc(C)c(S(=O)(=O)N[C@@H](Cc2ccccc2)C(=O)NCCCOC(C)C)c(C)c1. The third kappa shape index (κ3) is 7.76. The molecule has 0 aliphatic heterocycles. The zero-order valence-electron chi connectivity index (χ0n) is 19.1. The summed E-state index contributed by atoms with van der Waals surface area (Å²) in [6, 6.07) is 12.1. The van der Waals surface area contributed by atoms with Gasteiger partial charge in [0.2, 0.25) is 15.9 Å². The van der Waals surface area contributed by atoms with Gasteiger partial charge in [-0.3, -0.25) is 4.79 Å². The van der Waals surface area contributed by atoms with E-state index in [2.05, 4.69) is 10.0 Å². The van der Waals surface area contributed by atoms with Crippen LogP contribution in [0, 0.1) is 20.8 Å². The number of rotatable bonds is 11. The van der Waals surface area contributed by atoms with Crippen molar-refractivity contribution in [2.24, 2.45) is 0 Å². The highest BCUT2D eigenvalue weighted by Crippen LogP contribution is 2.22. The highest BCUT2D eigenvalue weighted by molar-refractivity contribution is 7.89. The minimum Gasteiger partial charge on any atom is -0.379 e. The van der Waals surface area contributed by atoms with Crippen molar-refractivity contribution in [1.82, 2.24) is 10.0 Å². The molecule has 1 amide bonds. The van der Waals surface area contributed by atoms with E-state index < -0.39 is 16.1 Å². The van der Waals surface area contributed by atoms with E-state index in [1.807, 2.05) is 63.2 Å². The first kappa shape index (κ1) is 25.0. The minimum atomic E-state index is -3.88. The van der Waals surface area contributed by atoms with Gasteiger partial charge >= 0.3 is 0 Å². The summed E-state index contributed by atoms with van der Waals surface area (Å²) in [5.74, 6) is -0.348. The Balaban J connectivity index is 2.19. The Morgan fingerprint density at radius 1 is 1.03 bits per heavy atom. The molecule has 6 nitrogen and oxygen atoms in total. The Labute approximate surface area is 186 Å². The normalized spacial score (nSPS) is 12.7. The van der Waals surface area contributed by atoms with Gasteiger partial charge in [-0.1, -0.05) is 48.0 Å². The maximum Gasteiger partial charge on any atom is 0.241 e. The van der Waals surface area contributed by atoms with Gasteiger partial charge in [0.25, 0.3) is 0 Å². The van der Waals surface area contributed by atoms with Gasteiger partial charge in [-0.25, -0.2) is 8.42 Å². The molecular formula is C24H34N2O4S. The molecule has 0 saturated heterocycles. The Morgan fingerprint density at radius 3 is 2.23 bits per heavy atom. The number of benzene rings is 2. The van der Waals surface area contributed by atoms with Crippen molar-refractivity contribution in [3.05, 3.63) is 64.7 Å². The first-order valence-electron chi connectivity index (χ1n) is 10.6. The Hall–Kier alpha value is -2.22. The van der Waals surface area contributed by atoms with Gasteiger partial charge in [0.1, 0.15) is 6.04 Å². The minimum absolute atomic E-state index is 0.134. The van der Waals surface area contributed by atoms with Gasteiger partial charge in [0, 0.05) is 13.2 Å². The van der Waals surface area contributed by atoms with Gasteiger partial charge < -0.3 is 10.1 Å². The Morgan fingerprint density at radius 2 is 1.65 bits per heavy atom. The molecule has 0 aromatic heterocycles. The van der Waals surface area contributed by atoms with Gasteiger partial charge in [-0.05, 0) is 64.2 Å². The molecule has 7 heteroatoms. The lowest BCUT2D eigenvalue weighted by atomic mass is 10.1. The summed E-state index contributed by atoms with van der Waals surface area (Å²) in [5.41, 5.74) is 3.20. The van der Waals surface area contributed by atoms with Crippen LogP contribution in [0.15, 0.2) is 47.4 Å². The largest absolute Gasteiger partial charge is 0.379 e. The number of aryl methyl sites for hydroxylation is 3. The molecule has 2 aromatic rings. The fourth-order valence-corrected chi connectivity index (χ4v) is 5.25. The third-order valence-electron chi connectivity index (χ3n) is 4.84. The molecule has 0 fully saturated rings. The summed E-state index contributed by atoms with van der Waals surface area (Å²) in [5, 5.41) is 2.84. The van der Waals surface area contributed by atoms with E-state index >= 15 is 0 Å². The highest BCUT2D eigenvalue weighted by atomic mass is 32.2. The van der Waals surface area contributed by atoms with Crippen LogP contribution in [0.4, 0.5) is 0 Å². The average molecular weight is 447 g/mol. The van der Waals surface area contributed by atoms with E-state index in [4.69, 9.17) is 4.74 Å². The number of hydrogen-bond donors (Lipinski definition) is 2. The summed E-state index contributed by atoms with van der Waals surface area (Å²) in [6.45, 7) is 10.3. The molecule has 0 saturated carbocycles. The van der Waals surface area contributed by atoms with Crippen molar-refractivity contribution in [3.8, 4) is 0 Å². The monoisotopic (exact) mass is 446 g/mol. The predicted molar refractivity (Wildman–Crippen MR) is 124 cm³/mol. The lowest BCUT2D eigenvalue weighted by Crippen LogP contribution is -2.48. The van der Waals surface area contributed by atoms with Crippen LogP contribution in [0.1, 0.15) is 42.5 Å². The first-order valence-corrected chi connectivity index (χ1v) is 12.1. The van der Waals surface area contributed by atoms with E-state index in [-0.39, 0.29) is 23.3 Å². The number of sulfonamides is 1. The quantitative estimate of drug-likeness (QED) is 0.518. The summed E-state index contributed by atoms with van der Waals surface area (Å²) in [6.07, 6.45) is 1.05. The molecule has 0 radical (unpaired) electrons. The van der Waals surface area contributed by atoms with Crippen molar-refractivity contribution in [1.29, 1.82) is 0 Å². The third-order valence-corrected chi connectivity index (χ3v) is 6.62. The van der Waals surface area contributed by atoms with Gasteiger partial charge in [0.15, 0.2) is 0 Å². The average Bonchev–Trinajstić information content (AvgIpc) is 2.66. The first-order chi connectivity index (χ1) is 14.6. The van der Waals surface area contributed by atoms with Crippen molar-refractivity contribution in [2.75, 3.05) is 13.2 Å². The standard InChI is InChI=1S/C24H34N2O4S/c1-17(2)30-13-9-12-25-24(27)22(16-21-10-7-6-8-11-21)26-31(28,29)23-19(4)14-18(3)15-20(23)5/h6-8,10-11,14-15,17,22,26H,9,12-13,16H2,1-5H3,(H,25,27)/t22-/m0/s1. The second kappa shape index (κ2) is 11.4. The molecular weight excluding hydrogens is 412 g/mol. The van der Waals surface area contributed by atoms with Crippen LogP contribution in [0.25, 0.3) is 0 Å². The Kier molecular flexibility index (Phi) is 9.22. The van der Waals surface area contributed by atoms with Crippen LogP contribution in [0.5, 0.6) is 0 Å². The lowest BCUT2D eigenvalue weighted by molar-refractivity contribution is -0.122.